The fourth-order valence-corrected chi connectivity index (χ4v) is 4.11. The first-order valence-corrected chi connectivity index (χ1v) is 8.72. The Morgan fingerprint density at radius 3 is 1.80 bits per heavy atom. The average Bonchev–Trinajstić information content (AvgIpc) is 2.28. The quantitative estimate of drug-likeness (QED) is 0.706. The Morgan fingerprint density at radius 2 is 1.47 bits per heavy atom. The molecule has 0 spiro atoms. The number of nitrogens with zero attached hydrogens (tertiary/aromatic N) is 1. The van der Waals surface area contributed by atoms with Gasteiger partial charge in [-0.25, -0.2) is 0 Å². The Hall–Kier alpha value is -0.763. The second kappa shape index (κ2) is 4.84. The molecule has 0 aliphatic rings. The predicted molar refractivity (Wildman–Crippen MR) is 73.0 cm³/mol. The van der Waals surface area contributed by atoms with Gasteiger partial charge in [-0.2, -0.15) is 0 Å². The summed E-state index contributed by atoms with van der Waals surface area (Å²) in [6.07, 6.45) is 0. The normalized spacial score (nSPS) is 11.5. The van der Waals surface area contributed by atoms with Gasteiger partial charge in [0.05, 0.1) is 8.07 Å². The maximum Gasteiger partial charge on any atom is 0.0831 e. The molecule has 0 saturated heterocycles. The van der Waals surface area contributed by atoms with Gasteiger partial charge in [0.1, 0.15) is 0 Å². The Morgan fingerprint density at radius 1 is 1.00 bits per heavy atom. The van der Waals surface area contributed by atoms with Crippen LogP contribution in [0.5, 0.6) is 0 Å². The molecule has 0 aromatic heterocycles. The van der Waals surface area contributed by atoms with Gasteiger partial charge < -0.3 is 4.90 Å². The van der Waals surface area contributed by atoms with Gasteiger partial charge >= 0.3 is 0 Å². The minimum atomic E-state index is -1.15. The second-order valence-electron chi connectivity index (χ2n) is 4.71. The number of hydrogen-bond acceptors (Lipinski definition) is 1. The molecule has 15 heavy (non-hydrogen) atoms. The molecule has 0 saturated carbocycles. The van der Waals surface area contributed by atoms with E-state index in [2.05, 4.69) is 63.7 Å². The lowest BCUT2D eigenvalue weighted by Gasteiger charge is -2.25. The standard InChI is InChI=1S/C13H23NSi/c1-6-15(5,7-2)13-10-8-12(9-11-13)14(3)4/h8-11H,6-7H2,1-5H3. The third-order valence-corrected chi connectivity index (χ3v) is 8.49. The van der Waals surface area contributed by atoms with Gasteiger partial charge in [0.25, 0.3) is 0 Å². The van der Waals surface area contributed by atoms with Crippen LogP contribution in [0.1, 0.15) is 13.8 Å². The molecule has 0 aliphatic heterocycles. The zero-order valence-electron chi connectivity index (χ0n) is 10.7. The Kier molecular flexibility index (Phi) is 3.97. The van der Waals surface area contributed by atoms with Crippen LogP contribution in [0.4, 0.5) is 5.69 Å². The van der Waals surface area contributed by atoms with Crippen molar-refractivity contribution in [2.24, 2.45) is 0 Å². The van der Waals surface area contributed by atoms with Crippen LogP contribution in [0.15, 0.2) is 24.3 Å². The van der Waals surface area contributed by atoms with E-state index in [4.69, 9.17) is 0 Å². The van der Waals surface area contributed by atoms with Crippen molar-refractivity contribution < 1.29 is 0 Å². The highest BCUT2D eigenvalue weighted by Gasteiger charge is 2.24. The van der Waals surface area contributed by atoms with Crippen LogP contribution in [0.3, 0.4) is 0 Å². The molecular weight excluding hydrogens is 198 g/mol. The van der Waals surface area contributed by atoms with E-state index in [1.54, 1.807) is 5.19 Å². The molecule has 2 heteroatoms. The largest absolute Gasteiger partial charge is 0.378 e. The molecule has 0 amide bonds. The second-order valence-corrected chi connectivity index (χ2v) is 9.82. The zero-order valence-corrected chi connectivity index (χ0v) is 11.7. The van der Waals surface area contributed by atoms with Crippen molar-refractivity contribution >= 4 is 18.9 Å². The number of hydrogen-bond donors (Lipinski definition) is 0. The van der Waals surface area contributed by atoms with Crippen LogP contribution in [-0.2, 0) is 0 Å². The number of anilines is 1. The van der Waals surface area contributed by atoms with Crippen molar-refractivity contribution in [1.82, 2.24) is 0 Å². The van der Waals surface area contributed by atoms with Crippen molar-refractivity contribution in [3.05, 3.63) is 24.3 Å². The first-order valence-electron chi connectivity index (χ1n) is 5.81. The molecule has 1 nitrogen and oxygen atoms in total. The lowest BCUT2D eigenvalue weighted by molar-refractivity contribution is 1.13. The van der Waals surface area contributed by atoms with E-state index in [1.165, 1.54) is 17.8 Å². The minimum absolute atomic E-state index is 1.15. The van der Waals surface area contributed by atoms with Gasteiger partial charge in [-0.3, -0.25) is 0 Å². The summed E-state index contributed by atoms with van der Waals surface area (Å²) in [6.45, 7) is 7.14. The van der Waals surface area contributed by atoms with Crippen LogP contribution in [0.25, 0.3) is 0 Å². The summed E-state index contributed by atoms with van der Waals surface area (Å²) in [6, 6.07) is 11.8. The molecule has 1 aromatic rings. The summed E-state index contributed by atoms with van der Waals surface area (Å²) < 4.78 is 0. The zero-order chi connectivity index (χ0) is 11.5. The highest BCUT2D eigenvalue weighted by Crippen LogP contribution is 2.17. The number of rotatable bonds is 4. The van der Waals surface area contributed by atoms with Gasteiger partial charge in [-0.15, -0.1) is 0 Å². The van der Waals surface area contributed by atoms with Crippen molar-refractivity contribution in [3.63, 3.8) is 0 Å². The van der Waals surface area contributed by atoms with Crippen LogP contribution in [-0.4, -0.2) is 22.2 Å². The van der Waals surface area contributed by atoms with Crippen LogP contribution >= 0.6 is 0 Å². The summed E-state index contributed by atoms with van der Waals surface area (Å²) in [5.41, 5.74) is 1.29. The molecule has 0 bridgehead atoms. The van der Waals surface area contributed by atoms with E-state index >= 15 is 0 Å². The maximum absolute atomic E-state index is 2.48. The van der Waals surface area contributed by atoms with Gasteiger partial charge in [0.2, 0.25) is 0 Å². The fraction of sp³-hybridized carbons (Fsp3) is 0.538. The molecule has 0 heterocycles. The predicted octanol–water partition coefficient (Wildman–Crippen LogP) is 3.08. The van der Waals surface area contributed by atoms with E-state index < -0.39 is 8.07 Å². The van der Waals surface area contributed by atoms with Crippen molar-refractivity contribution in [3.8, 4) is 0 Å². The van der Waals surface area contributed by atoms with Crippen LogP contribution in [0.2, 0.25) is 18.6 Å². The van der Waals surface area contributed by atoms with E-state index in [1.807, 2.05) is 0 Å². The molecule has 1 rings (SSSR count). The van der Waals surface area contributed by atoms with Crippen molar-refractivity contribution in [2.75, 3.05) is 19.0 Å². The average molecular weight is 221 g/mol. The molecule has 1 aromatic carbocycles. The lowest BCUT2D eigenvalue weighted by Crippen LogP contribution is -2.42. The molecule has 0 radical (unpaired) electrons. The molecule has 0 atom stereocenters. The van der Waals surface area contributed by atoms with Gasteiger partial charge in [-0.1, -0.05) is 49.8 Å². The third kappa shape index (κ3) is 2.62. The van der Waals surface area contributed by atoms with Crippen molar-refractivity contribution in [1.29, 1.82) is 0 Å². The molecular formula is C13H23NSi. The van der Waals surface area contributed by atoms with E-state index in [0.717, 1.165) is 0 Å². The van der Waals surface area contributed by atoms with Gasteiger partial charge in [0.15, 0.2) is 0 Å². The van der Waals surface area contributed by atoms with E-state index in [-0.39, 0.29) is 0 Å². The third-order valence-electron chi connectivity index (χ3n) is 3.64. The Balaban J connectivity index is 2.97. The first kappa shape index (κ1) is 12.3. The molecule has 0 unspecified atom stereocenters. The molecule has 0 aliphatic carbocycles. The molecule has 84 valence electrons. The Labute approximate surface area is 95.1 Å². The smallest absolute Gasteiger partial charge is 0.0831 e. The SMILES string of the molecule is CC[Si](C)(CC)c1ccc(N(C)C)cc1. The monoisotopic (exact) mass is 221 g/mol. The lowest BCUT2D eigenvalue weighted by atomic mass is 10.3. The summed E-state index contributed by atoms with van der Waals surface area (Å²) in [4.78, 5) is 2.15. The topological polar surface area (TPSA) is 3.24 Å². The maximum atomic E-state index is 2.48. The first-order chi connectivity index (χ1) is 7.03. The van der Waals surface area contributed by atoms with E-state index in [9.17, 15) is 0 Å². The van der Waals surface area contributed by atoms with E-state index in [0.29, 0.717) is 0 Å². The van der Waals surface area contributed by atoms with Gasteiger partial charge in [0, 0.05) is 19.8 Å². The summed E-state index contributed by atoms with van der Waals surface area (Å²) in [5.74, 6) is 0. The van der Waals surface area contributed by atoms with Crippen molar-refractivity contribution in [2.45, 2.75) is 32.5 Å². The van der Waals surface area contributed by atoms with Gasteiger partial charge in [-0.05, 0) is 12.1 Å². The molecule has 0 fully saturated rings. The summed E-state index contributed by atoms with van der Waals surface area (Å²) in [7, 11) is 3.03. The Bertz CT molecular complexity index is 299. The summed E-state index contributed by atoms with van der Waals surface area (Å²) in [5, 5.41) is 1.60. The fourth-order valence-electron chi connectivity index (χ4n) is 1.82. The number of benzene rings is 1. The molecule has 0 N–H and O–H groups in total. The minimum Gasteiger partial charge on any atom is -0.378 e. The highest BCUT2D eigenvalue weighted by molar-refractivity contribution is 6.90. The van der Waals surface area contributed by atoms with Crippen LogP contribution in [0, 0.1) is 0 Å². The highest BCUT2D eigenvalue weighted by atomic mass is 28.3. The summed E-state index contributed by atoms with van der Waals surface area (Å²) >= 11 is 0. The van der Waals surface area contributed by atoms with Crippen LogP contribution < -0.4 is 10.1 Å².